The molecule has 0 heterocycles. The quantitative estimate of drug-likeness (QED) is 0.0648. The van der Waals surface area contributed by atoms with Crippen LogP contribution in [0.2, 0.25) is 0 Å². The number of esters is 3. The third-order valence-electron chi connectivity index (χ3n) is 5.82. The van der Waals surface area contributed by atoms with Crippen molar-refractivity contribution in [2.75, 3.05) is 12.9 Å². The Morgan fingerprint density at radius 3 is 1.04 bits per heavy atom. The smallest absolute Gasteiger partial charge is 0.341 e. The Kier molecular flexibility index (Phi) is 21.3. The molecule has 0 aliphatic carbocycles. The lowest BCUT2D eigenvalue weighted by Gasteiger charge is -2.07. The van der Waals surface area contributed by atoms with E-state index in [2.05, 4.69) is 4.74 Å². The minimum atomic E-state index is -0.584. The van der Waals surface area contributed by atoms with Crippen molar-refractivity contribution in [2.45, 2.75) is 30.9 Å². The number of carbonyl (C=O) groups excluding carboxylic acids is 4. The molecule has 0 fully saturated rings. The first-order valence-corrected chi connectivity index (χ1v) is 16.6. The summed E-state index contributed by atoms with van der Waals surface area (Å²) in [5, 5.41) is -0.447. The Labute approximate surface area is 309 Å². The van der Waals surface area contributed by atoms with E-state index in [1.165, 1.54) is 0 Å². The number of ether oxygens (including phenoxy) is 3. The first-order valence-electron chi connectivity index (χ1n) is 13.5. The van der Waals surface area contributed by atoms with Gasteiger partial charge in [-0.15, -0.1) is 46.4 Å². The highest BCUT2D eigenvalue weighted by Crippen LogP contribution is 2.12. The molecule has 0 amide bonds. The van der Waals surface area contributed by atoms with E-state index in [0.717, 1.165) is 22.3 Å². The number of halogens is 6. The summed E-state index contributed by atoms with van der Waals surface area (Å²) in [5.41, 5.74) is 5.05. The number of hydrogen-bond donors (Lipinski definition) is 0. The normalized spacial score (nSPS) is 9.71. The molecule has 0 aromatic heterocycles. The van der Waals surface area contributed by atoms with Gasteiger partial charge in [-0.2, -0.15) is 0 Å². The number of benzene rings is 4. The Morgan fingerprint density at radius 1 is 0.458 bits per heavy atom. The first-order chi connectivity index (χ1) is 22.6. The Balaban J connectivity index is 0.000000391. The molecule has 0 N–H and O–H groups in total. The lowest BCUT2D eigenvalue weighted by Crippen LogP contribution is -2.13. The van der Waals surface area contributed by atoms with Crippen molar-refractivity contribution < 1.29 is 33.4 Å². The highest BCUT2D eigenvalue weighted by atomic mass is 35.5. The first kappa shape index (κ1) is 42.7. The van der Waals surface area contributed by atoms with Crippen molar-refractivity contribution in [3.8, 4) is 0 Å². The monoisotopic (exact) mass is 774 g/mol. The van der Waals surface area contributed by atoms with Crippen LogP contribution in [-0.4, -0.2) is 36.0 Å². The Morgan fingerprint density at radius 2 is 0.750 bits per heavy atom. The van der Waals surface area contributed by atoms with Crippen LogP contribution in [0.5, 0.6) is 0 Å². The van der Waals surface area contributed by atoms with Crippen molar-refractivity contribution in [3.05, 3.63) is 142 Å². The fraction of sp³-hybridized carbons (Fsp3) is 0.200. The average Bonchev–Trinajstić information content (AvgIpc) is 3.12. The van der Waals surface area contributed by atoms with Crippen molar-refractivity contribution in [1.29, 1.82) is 0 Å². The molecular formula is C35H32Cl6O7. The molecule has 0 atom stereocenters. The van der Waals surface area contributed by atoms with Gasteiger partial charge in [0.2, 0.25) is 6.79 Å². The summed E-state index contributed by atoms with van der Waals surface area (Å²) >= 11 is 33.1. The number of carbonyl (C=O) groups is 4. The van der Waals surface area contributed by atoms with Crippen LogP contribution in [0, 0.1) is 0 Å². The van der Waals surface area contributed by atoms with Crippen LogP contribution in [0.25, 0.3) is 0 Å². The van der Waals surface area contributed by atoms with Crippen LogP contribution in [0.4, 0.5) is 0 Å². The molecule has 0 aliphatic heterocycles. The maximum absolute atomic E-state index is 11.9. The van der Waals surface area contributed by atoms with Gasteiger partial charge < -0.3 is 14.2 Å². The fourth-order valence-electron chi connectivity index (χ4n) is 3.56. The summed E-state index contributed by atoms with van der Waals surface area (Å²) in [4.78, 5) is 45.5. The van der Waals surface area contributed by atoms with E-state index in [0.29, 0.717) is 45.8 Å². The Hall–Kier alpha value is -3.30. The van der Waals surface area contributed by atoms with E-state index < -0.39 is 29.9 Å². The minimum absolute atomic E-state index is 0. The summed E-state index contributed by atoms with van der Waals surface area (Å²) in [5.74, 6) is -0.222. The highest BCUT2D eigenvalue weighted by Gasteiger charge is 2.11. The van der Waals surface area contributed by atoms with E-state index in [1.807, 2.05) is 12.1 Å². The molecule has 0 saturated carbocycles. The lowest BCUT2D eigenvalue weighted by molar-refractivity contribution is -0.0167. The van der Waals surface area contributed by atoms with E-state index in [4.69, 9.17) is 79.1 Å². The SMILES string of the molecule is C.O=C(Cl)c1cccc(CCl)c1.O=C(OCCl)c1cccc(CCl)c1.O=C(OCOC(=O)c1cccc(CCl)c1)c1cccc(CCl)c1. The molecule has 4 aromatic carbocycles. The van der Waals surface area contributed by atoms with Gasteiger partial charge in [-0.05, 0) is 76.3 Å². The molecule has 0 bridgehead atoms. The zero-order valence-electron chi connectivity index (χ0n) is 24.6. The maximum atomic E-state index is 11.9. The van der Waals surface area contributed by atoms with Gasteiger partial charge in [-0.25, -0.2) is 14.4 Å². The lowest BCUT2D eigenvalue weighted by atomic mass is 10.1. The zero-order valence-corrected chi connectivity index (χ0v) is 29.1. The summed E-state index contributed by atoms with van der Waals surface area (Å²) < 4.78 is 14.5. The number of alkyl halides is 5. The summed E-state index contributed by atoms with van der Waals surface area (Å²) in [7, 11) is 0. The van der Waals surface area contributed by atoms with Crippen molar-refractivity contribution >= 4 is 92.8 Å². The van der Waals surface area contributed by atoms with Crippen LogP contribution in [-0.2, 0) is 37.7 Å². The van der Waals surface area contributed by atoms with Crippen LogP contribution in [0.3, 0.4) is 0 Å². The summed E-state index contributed by atoms with van der Waals surface area (Å²) in [6, 6.07) is 27.2. The van der Waals surface area contributed by atoms with Crippen LogP contribution in [0.15, 0.2) is 97.1 Å². The third kappa shape index (κ3) is 15.3. The fourth-order valence-corrected chi connectivity index (χ4v) is 4.44. The standard InChI is InChI=1S/C17H14Cl2O4.C9H8Cl2O2.C8H6Cl2O.CH4/c18-9-12-3-1-5-14(7-12)16(20)22-11-23-17(21)15-6-2-4-13(8-15)10-19;10-5-7-2-1-3-8(4-7)9(12)13-6-11;9-5-6-2-1-3-7(4-6)8(10)11;/h1-8H,9-11H2;1-4H,5-6H2;1-4H,5H2;1H4. The van der Waals surface area contributed by atoms with Gasteiger partial charge in [0.25, 0.3) is 5.24 Å². The van der Waals surface area contributed by atoms with E-state index in [-0.39, 0.29) is 13.5 Å². The summed E-state index contributed by atoms with van der Waals surface area (Å²) in [6.07, 6.45) is 0. The van der Waals surface area contributed by atoms with E-state index >= 15 is 0 Å². The van der Waals surface area contributed by atoms with Gasteiger partial charge >= 0.3 is 17.9 Å². The molecule has 13 heteroatoms. The Bertz CT molecular complexity index is 1570. The van der Waals surface area contributed by atoms with Gasteiger partial charge in [-0.3, -0.25) is 4.79 Å². The zero-order chi connectivity index (χ0) is 34.6. The van der Waals surface area contributed by atoms with E-state index in [1.54, 1.807) is 84.9 Å². The third-order valence-corrected chi connectivity index (χ3v) is 7.39. The molecular weight excluding hydrogens is 745 g/mol. The molecule has 48 heavy (non-hydrogen) atoms. The van der Waals surface area contributed by atoms with Crippen molar-refractivity contribution in [1.82, 2.24) is 0 Å². The molecule has 0 spiro atoms. The predicted molar refractivity (Wildman–Crippen MR) is 193 cm³/mol. The van der Waals surface area contributed by atoms with Gasteiger partial charge in [-0.1, -0.05) is 73.6 Å². The van der Waals surface area contributed by atoms with Gasteiger partial charge in [0.1, 0.15) is 0 Å². The topological polar surface area (TPSA) is 96.0 Å². The van der Waals surface area contributed by atoms with Crippen LogP contribution < -0.4 is 0 Å². The second kappa shape index (κ2) is 23.9. The molecule has 4 rings (SSSR count). The highest BCUT2D eigenvalue weighted by molar-refractivity contribution is 6.67. The molecule has 256 valence electrons. The van der Waals surface area contributed by atoms with Gasteiger partial charge in [0, 0.05) is 29.1 Å². The largest absolute Gasteiger partial charge is 0.446 e. The number of rotatable bonds is 11. The second-order valence-electron chi connectivity index (χ2n) is 9.13. The van der Waals surface area contributed by atoms with Gasteiger partial charge in [0.05, 0.1) is 16.7 Å². The molecule has 0 aliphatic rings. The molecule has 7 nitrogen and oxygen atoms in total. The van der Waals surface area contributed by atoms with Crippen molar-refractivity contribution in [2.24, 2.45) is 0 Å². The van der Waals surface area contributed by atoms with Gasteiger partial charge in [0.15, 0.2) is 6.07 Å². The van der Waals surface area contributed by atoms with Crippen molar-refractivity contribution in [3.63, 3.8) is 0 Å². The predicted octanol–water partition coefficient (Wildman–Crippen LogP) is 10.4. The molecule has 0 saturated heterocycles. The molecule has 4 aromatic rings. The second-order valence-corrected chi connectivity index (χ2v) is 10.8. The maximum Gasteiger partial charge on any atom is 0.341 e. The van der Waals surface area contributed by atoms with E-state index in [9.17, 15) is 19.2 Å². The molecule has 0 unspecified atom stereocenters. The summed E-state index contributed by atoms with van der Waals surface area (Å²) in [6.45, 7) is -0.464. The minimum Gasteiger partial charge on any atom is -0.446 e. The van der Waals surface area contributed by atoms with Crippen LogP contribution >= 0.6 is 69.6 Å². The average molecular weight is 777 g/mol. The van der Waals surface area contributed by atoms with Crippen LogP contribution in [0.1, 0.15) is 71.1 Å². The molecule has 0 radical (unpaired) electrons. The number of hydrogen-bond acceptors (Lipinski definition) is 7.